The zero-order valence-corrected chi connectivity index (χ0v) is 16.2. The summed E-state index contributed by atoms with van der Waals surface area (Å²) in [5, 5.41) is 5.42. The summed E-state index contributed by atoms with van der Waals surface area (Å²) in [5.74, 6) is 4.25. The van der Waals surface area contributed by atoms with Gasteiger partial charge in [-0.1, -0.05) is 72.8 Å². The van der Waals surface area contributed by atoms with Crippen LogP contribution in [0.2, 0.25) is 0 Å². The maximum Gasteiger partial charge on any atom is 0.0188 e. The number of rotatable bonds is 0. The summed E-state index contributed by atoms with van der Waals surface area (Å²) in [5.41, 5.74) is 5.66. The SMILES string of the molecule is c1cc2cc3ccc2cc1CSCc1ccc2ccc(cc2c1)CSC3. The van der Waals surface area contributed by atoms with E-state index < -0.39 is 0 Å². The third-order valence-electron chi connectivity index (χ3n) is 5.01. The Morgan fingerprint density at radius 2 is 0.731 bits per heavy atom. The van der Waals surface area contributed by atoms with Gasteiger partial charge < -0.3 is 0 Å². The molecule has 0 unspecified atom stereocenters. The van der Waals surface area contributed by atoms with E-state index in [-0.39, 0.29) is 0 Å². The average Bonchev–Trinajstić information content (AvgIpc) is 2.67. The first kappa shape index (κ1) is 16.3. The van der Waals surface area contributed by atoms with Crippen molar-refractivity contribution in [2.45, 2.75) is 23.0 Å². The molecule has 0 aliphatic carbocycles. The van der Waals surface area contributed by atoms with Gasteiger partial charge in [-0.3, -0.25) is 0 Å². The number of benzene rings is 4. The Morgan fingerprint density at radius 1 is 0.385 bits per heavy atom. The van der Waals surface area contributed by atoms with Crippen LogP contribution in [0.4, 0.5) is 0 Å². The van der Waals surface area contributed by atoms with Crippen molar-refractivity contribution in [3.05, 3.63) is 95.1 Å². The van der Waals surface area contributed by atoms with Crippen molar-refractivity contribution >= 4 is 45.1 Å². The summed E-state index contributed by atoms with van der Waals surface area (Å²) in [7, 11) is 0. The third-order valence-corrected chi connectivity index (χ3v) is 7.16. The van der Waals surface area contributed by atoms with Crippen LogP contribution in [0.3, 0.4) is 0 Å². The van der Waals surface area contributed by atoms with Crippen molar-refractivity contribution < 1.29 is 0 Å². The number of thioether (sulfide) groups is 2. The summed E-state index contributed by atoms with van der Waals surface area (Å²) in [6, 6.07) is 27.7. The molecule has 0 amide bonds. The first-order valence-corrected chi connectivity index (χ1v) is 11.3. The summed E-state index contributed by atoms with van der Waals surface area (Å²) in [6.07, 6.45) is 0. The number of fused-ring (bicyclic) bond motifs is 2. The monoisotopic (exact) mass is 372 g/mol. The molecule has 26 heavy (non-hydrogen) atoms. The maximum absolute atomic E-state index is 2.37. The molecule has 7 rings (SSSR count). The van der Waals surface area contributed by atoms with Crippen molar-refractivity contribution in [1.29, 1.82) is 0 Å². The lowest BCUT2D eigenvalue weighted by atomic mass is 10.1. The fourth-order valence-electron chi connectivity index (χ4n) is 3.62. The molecule has 0 fully saturated rings. The Hall–Kier alpha value is -1.90. The summed E-state index contributed by atoms with van der Waals surface area (Å²) >= 11 is 4.00. The van der Waals surface area contributed by atoms with Gasteiger partial charge in [-0.25, -0.2) is 0 Å². The molecule has 0 saturated heterocycles. The standard InChI is InChI=1S/C24H20S2/c1-5-21-6-2-20-12-24(21)11-19(1)15-25-13-17-3-7-23-10-18(14-26-16-20)4-8-22(23)9-17/h1-12H,13-16H2. The van der Waals surface area contributed by atoms with Gasteiger partial charge in [-0.2, -0.15) is 23.5 Å². The summed E-state index contributed by atoms with van der Waals surface area (Å²) in [4.78, 5) is 0. The zero-order valence-electron chi connectivity index (χ0n) is 14.6. The van der Waals surface area contributed by atoms with Crippen LogP contribution < -0.4 is 0 Å². The fraction of sp³-hybridized carbons (Fsp3) is 0.167. The van der Waals surface area contributed by atoms with Crippen LogP contribution in [0.5, 0.6) is 0 Å². The predicted molar refractivity (Wildman–Crippen MR) is 118 cm³/mol. The highest BCUT2D eigenvalue weighted by atomic mass is 32.2. The van der Waals surface area contributed by atoms with E-state index >= 15 is 0 Å². The molecule has 4 aromatic rings. The molecule has 0 atom stereocenters. The lowest BCUT2D eigenvalue weighted by Gasteiger charge is -2.07. The molecule has 0 aromatic heterocycles. The molecule has 0 nitrogen and oxygen atoms in total. The maximum atomic E-state index is 2.37. The van der Waals surface area contributed by atoms with Crippen molar-refractivity contribution in [2.24, 2.45) is 0 Å². The van der Waals surface area contributed by atoms with Gasteiger partial charge in [-0.15, -0.1) is 0 Å². The van der Waals surface area contributed by atoms with Gasteiger partial charge in [0.15, 0.2) is 0 Å². The van der Waals surface area contributed by atoms with Crippen LogP contribution in [0.1, 0.15) is 22.3 Å². The van der Waals surface area contributed by atoms with Crippen LogP contribution in [0.25, 0.3) is 21.5 Å². The van der Waals surface area contributed by atoms with E-state index in [0.717, 1.165) is 23.0 Å². The van der Waals surface area contributed by atoms with E-state index in [1.165, 1.54) is 43.8 Å². The van der Waals surface area contributed by atoms with E-state index in [2.05, 4.69) is 72.8 Å². The molecular weight excluding hydrogens is 352 g/mol. The summed E-state index contributed by atoms with van der Waals surface area (Å²) in [6.45, 7) is 0. The molecule has 3 aliphatic heterocycles. The van der Waals surface area contributed by atoms with E-state index in [9.17, 15) is 0 Å². The second-order valence-electron chi connectivity index (χ2n) is 7.02. The molecule has 0 N–H and O–H groups in total. The lowest BCUT2D eigenvalue weighted by molar-refractivity contribution is 1.38. The van der Waals surface area contributed by atoms with Gasteiger partial charge in [0.25, 0.3) is 0 Å². The Kier molecular flexibility index (Phi) is 4.40. The van der Waals surface area contributed by atoms with Crippen molar-refractivity contribution in [1.82, 2.24) is 0 Å². The van der Waals surface area contributed by atoms with E-state index in [1.807, 2.05) is 23.5 Å². The van der Waals surface area contributed by atoms with E-state index in [4.69, 9.17) is 0 Å². The minimum Gasteiger partial charge on any atom is -0.152 e. The highest BCUT2D eigenvalue weighted by Crippen LogP contribution is 2.28. The second kappa shape index (κ2) is 7.02. The van der Waals surface area contributed by atoms with Crippen LogP contribution in [-0.4, -0.2) is 0 Å². The molecule has 0 saturated carbocycles. The van der Waals surface area contributed by atoms with Gasteiger partial charge in [0.2, 0.25) is 0 Å². The highest BCUT2D eigenvalue weighted by molar-refractivity contribution is 7.97. The molecule has 7 bridgehead atoms. The third kappa shape index (κ3) is 3.36. The van der Waals surface area contributed by atoms with Crippen LogP contribution in [-0.2, 0) is 23.0 Å². The fourth-order valence-corrected chi connectivity index (χ4v) is 5.49. The largest absolute Gasteiger partial charge is 0.152 e. The normalized spacial score (nSPS) is 14.8. The van der Waals surface area contributed by atoms with Crippen molar-refractivity contribution in [2.75, 3.05) is 0 Å². The average molecular weight is 373 g/mol. The molecule has 128 valence electrons. The number of hydrogen-bond acceptors (Lipinski definition) is 2. The van der Waals surface area contributed by atoms with Gasteiger partial charge in [0.05, 0.1) is 0 Å². The zero-order chi connectivity index (χ0) is 17.3. The Labute approximate surface area is 163 Å². The van der Waals surface area contributed by atoms with Gasteiger partial charge in [0, 0.05) is 23.0 Å². The quantitative estimate of drug-likeness (QED) is 0.321. The van der Waals surface area contributed by atoms with Gasteiger partial charge in [-0.05, 0) is 43.8 Å². The number of hydrogen-bond donors (Lipinski definition) is 0. The van der Waals surface area contributed by atoms with Crippen LogP contribution in [0.15, 0.2) is 72.8 Å². The van der Waals surface area contributed by atoms with Crippen LogP contribution in [0, 0.1) is 0 Å². The van der Waals surface area contributed by atoms with Crippen LogP contribution >= 0.6 is 23.5 Å². The van der Waals surface area contributed by atoms with Gasteiger partial charge in [0.1, 0.15) is 0 Å². The van der Waals surface area contributed by atoms with Crippen molar-refractivity contribution in [3.63, 3.8) is 0 Å². The first-order valence-electron chi connectivity index (χ1n) is 9.02. The molecular formula is C24H20S2. The molecule has 3 heterocycles. The Balaban J connectivity index is 1.54. The minimum atomic E-state index is 1.06. The molecule has 3 aliphatic rings. The molecule has 4 aromatic carbocycles. The molecule has 2 heteroatoms. The first-order chi connectivity index (χ1) is 12.8. The highest BCUT2D eigenvalue weighted by Gasteiger charge is 2.04. The lowest BCUT2D eigenvalue weighted by Crippen LogP contribution is -1.86. The summed E-state index contributed by atoms with van der Waals surface area (Å²) < 4.78 is 0. The minimum absolute atomic E-state index is 1.06. The Bertz CT molecular complexity index is 1010. The van der Waals surface area contributed by atoms with Gasteiger partial charge >= 0.3 is 0 Å². The smallest absolute Gasteiger partial charge is 0.0188 e. The van der Waals surface area contributed by atoms with E-state index in [1.54, 1.807) is 0 Å². The Morgan fingerprint density at radius 3 is 1.15 bits per heavy atom. The molecule has 0 radical (unpaired) electrons. The molecule has 0 spiro atoms. The van der Waals surface area contributed by atoms with Crippen molar-refractivity contribution in [3.8, 4) is 0 Å². The van der Waals surface area contributed by atoms with E-state index in [0.29, 0.717) is 0 Å². The predicted octanol–water partition coefficient (Wildman–Crippen LogP) is 7.17. The second-order valence-corrected chi connectivity index (χ2v) is 8.99. The topological polar surface area (TPSA) is 0 Å².